The predicted molar refractivity (Wildman–Crippen MR) is 84.6 cm³/mol. The van der Waals surface area contributed by atoms with Crippen molar-refractivity contribution < 1.29 is 4.79 Å². The first-order valence-corrected chi connectivity index (χ1v) is 7.16. The maximum atomic E-state index is 11.9. The van der Waals surface area contributed by atoms with Crippen LogP contribution in [-0.4, -0.2) is 28.8 Å². The molecule has 0 unspecified atom stereocenters. The molecule has 0 fully saturated rings. The third kappa shape index (κ3) is 4.88. The van der Waals surface area contributed by atoms with Gasteiger partial charge in [0.15, 0.2) is 0 Å². The van der Waals surface area contributed by atoms with Crippen LogP contribution in [0.5, 0.6) is 0 Å². The quantitative estimate of drug-likeness (QED) is 0.804. The molecule has 0 bridgehead atoms. The number of hydrogen-bond donors (Lipinski definition) is 2. The summed E-state index contributed by atoms with van der Waals surface area (Å²) in [4.78, 5) is 11.9. The van der Waals surface area contributed by atoms with Gasteiger partial charge in [-0.25, -0.2) is 0 Å². The zero-order chi connectivity index (χ0) is 15.2. The van der Waals surface area contributed by atoms with Gasteiger partial charge in [0.1, 0.15) is 0 Å². The van der Waals surface area contributed by atoms with E-state index in [9.17, 15) is 4.79 Å². The molecule has 1 heterocycles. The summed E-state index contributed by atoms with van der Waals surface area (Å²) in [6.45, 7) is 2.93. The van der Waals surface area contributed by atoms with E-state index in [1.165, 1.54) is 0 Å². The van der Waals surface area contributed by atoms with Crippen LogP contribution < -0.4 is 10.6 Å². The highest BCUT2D eigenvalue weighted by Crippen LogP contribution is 2.19. The minimum Gasteiger partial charge on any atom is -0.325 e. The molecule has 1 aromatic heterocycles. The molecule has 2 rings (SSSR count). The summed E-state index contributed by atoms with van der Waals surface area (Å²) < 4.78 is 1.77. The summed E-state index contributed by atoms with van der Waals surface area (Å²) in [5.41, 5.74) is 2.89. The molecule has 1 aromatic carbocycles. The number of carbonyl (C=O) groups is 1. The molecule has 0 aliphatic heterocycles. The lowest BCUT2D eigenvalue weighted by Crippen LogP contribution is -2.29. The second kappa shape index (κ2) is 7.24. The lowest BCUT2D eigenvalue weighted by Gasteiger charge is -2.09. The zero-order valence-corrected chi connectivity index (χ0v) is 12.9. The Morgan fingerprint density at radius 1 is 1.43 bits per heavy atom. The van der Waals surface area contributed by atoms with E-state index in [4.69, 9.17) is 11.6 Å². The minimum atomic E-state index is -0.0773. The normalized spacial score (nSPS) is 10.6. The fourth-order valence-electron chi connectivity index (χ4n) is 1.96. The van der Waals surface area contributed by atoms with Crippen molar-refractivity contribution in [3.8, 4) is 0 Å². The first-order valence-electron chi connectivity index (χ1n) is 6.79. The average molecular weight is 307 g/mol. The van der Waals surface area contributed by atoms with Gasteiger partial charge in [0.2, 0.25) is 5.91 Å². The summed E-state index contributed by atoms with van der Waals surface area (Å²) in [6, 6.07) is 5.44. The van der Waals surface area contributed by atoms with Crippen molar-refractivity contribution in [2.24, 2.45) is 7.05 Å². The highest BCUT2D eigenvalue weighted by molar-refractivity contribution is 6.31. The van der Waals surface area contributed by atoms with Crippen molar-refractivity contribution in [2.45, 2.75) is 13.3 Å². The number of amides is 1. The molecule has 1 amide bonds. The molecule has 5 nitrogen and oxygen atoms in total. The van der Waals surface area contributed by atoms with Crippen molar-refractivity contribution in [2.75, 3.05) is 18.4 Å². The largest absolute Gasteiger partial charge is 0.325 e. The van der Waals surface area contributed by atoms with Crippen molar-refractivity contribution in [3.05, 3.63) is 46.7 Å². The van der Waals surface area contributed by atoms with Crippen LogP contribution in [0.3, 0.4) is 0 Å². The van der Waals surface area contributed by atoms with E-state index < -0.39 is 0 Å². The molecule has 0 spiro atoms. The van der Waals surface area contributed by atoms with Crippen LogP contribution in [0.1, 0.15) is 11.1 Å². The number of anilines is 1. The number of nitrogens with one attached hydrogen (secondary N) is 2. The lowest BCUT2D eigenvalue weighted by molar-refractivity contribution is -0.115. The van der Waals surface area contributed by atoms with Crippen molar-refractivity contribution in [3.63, 3.8) is 0 Å². The summed E-state index contributed by atoms with van der Waals surface area (Å²) in [5.74, 6) is -0.0773. The van der Waals surface area contributed by atoms with Gasteiger partial charge in [-0.15, -0.1) is 0 Å². The number of benzene rings is 1. The lowest BCUT2D eigenvalue weighted by atomic mass is 10.2. The molecular formula is C15H19ClN4O. The molecule has 0 aliphatic rings. The highest BCUT2D eigenvalue weighted by Gasteiger charge is 2.05. The van der Waals surface area contributed by atoms with Crippen LogP contribution in [0.4, 0.5) is 5.69 Å². The number of carbonyl (C=O) groups excluding carboxylic acids is 1. The number of rotatable bonds is 6. The highest BCUT2D eigenvalue weighted by atomic mass is 35.5. The van der Waals surface area contributed by atoms with Gasteiger partial charge in [-0.05, 0) is 43.1 Å². The monoisotopic (exact) mass is 306 g/mol. The third-order valence-corrected chi connectivity index (χ3v) is 3.34. The van der Waals surface area contributed by atoms with Gasteiger partial charge >= 0.3 is 0 Å². The summed E-state index contributed by atoms with van der Waals surface area (Å²) in [5, 5.41) is 10.7. The first-order chi connectivity index (χ1) is 10.0. The molecular weight excluding hydrogens is 288 g/mol. The Morgan fingerprint density at radius 2 is 2.24 bits per heavy atom. The van der Waals surface area contributed by atoms with Crippen LogP contribution in [0.2, 0.25) is 5.02 Å². The average Bonchev–Trinajstić information content (AvgIpc) is 2.85. The maximum Gasteiger partial charge on any atom is 0.238 e. The summed E-state index contributed by atoms with van der Waals surface area (Å²) >= 11 is 5.92. The fourth-order valence-corrected chi connectivity index (χ4v) is 2.13. The minimum absolute atomic E-state index is 0.0773. The molecule has 112 valence electrons. The van der Waals surface area contributed by atoms with Gasteiger partial charge in [0, 0.05) is 24.0 Å². The third-order valence-electron chi connectivity index (χ3n) is 3.11. The smallest absolute Gasteiger partial charge is 0.238 e. The Morgan fingerprint density at radius 3 is 2.95 bits per heavy atom. The number of hydrogen-bond acceptors (Lipinski definition) is 3. The van der Waals surface area contributed by atoms with Crippen LogP contribution in [0.25, 0.3) is 0 Å². The zero-order valence-electron chi connectivity index (χ0n) is 12.2. The summed E-state index contributed by atoms with van der Waals surface area (Å²) in [7, 11) is 1.89. The van der Waals surface area contributed by atoms with Gasteiger partial charge in [0.05, 0.1) is 12.7 Å². The molecule has 0 atom stereocenters. The Balaban J connectivity index is 1.73. The molecule has 2 aromatic rings. The van der Waals surface area contributed by atoms with Crippen molar-refractivity contribution in [1.82, 2.24) is 15.1 Å². The van der Waals surface area contributed by atoms with E-state index in [-0.39, 0.29) is 12.5 Å². The number of aromatic nitrogens is 2. The molecule has 0 radical (unpaired) electrons. The van der Waals surface area contributed by atoms with Crippen LogP contribution in [0.15, 0.2) is 30.6 Å². The summed E-state index contributed by atoms with van der Waals surface area (Å²) in [6.07, 6.45) is 4.64. The molecule has 0 saturated carbocycles. The van der Waals surface area contributed by atoms with Gasteiger partial charge in [-0.2, -0.15) is 5.10 Å². The van der Waals surface area contributed by atoms with Crippen molar-refractivity contribution >= 4 is 23.2 Å². The first kappa shape index (κ1) is 15.5. The number of aryl methyl sites for hydroxylation is 2. The second-order valence-corrected chi connectivity index (χ2v) is 5.39. The van der Waals surface area contributed by atoms with E-state index in [0.29, 0.717) is 5.02 Å². The van der Waals surface area contributed by atoms with Gasteiger partial charge in [-0.1, -0.05) is 17.7 Å². The molecule has 0 aliphatic carbocycles. The SMILES string of the molecule is Cc1ccc(Cl)cc1NC(=O)CNCCc1cnn(C)c1. The van der Waals surface area contributed by atoms with Gasteiger partial charge in [-0.3, -0.25) is 9.48 Å². The fraction of sp³-hybridized carbons (Fsp3) is 0.333. The van der Waals surface area contributed by atoms with E-state index in [1.807, 2.05) is 32.4 Å². The second-order valence-electron chi connectivity index (χ2n) is 4.96. The topological polar surface area (TPSA) is 59.0 Å². The Bertz CT molecular complexity index is 624. The Kier molecular flexibility index (Phi) is 5.36. The maximum absolute atomic E-state index is 11.9. The molecule has 2 N–H and O–H groups in total. The van der Waals surface area contributed by atoms with E-state index in [2.05, 4.69) is 15.7 Å². The van der Waals surface area contributed by atoms with Crippen LogP contribution >= 0.6 is 11.6 Å². The standard InChI is InChI=1S/C15H19ClN4O/c1-11-3-4-13(16)7-14(11)19-15(21)9-17-6-5-12-8-18-20(2)10-12/h3-4,7-8,10,17H,5-6,9H2,1-2H3,(H,19,21). The molecule has 6 heteroatoms. The molecule has 0 saturated heterocycles. The van der Waals surface area contributed by atoms with E-state index in [1.54, 1.807) is 16.8 Å². The van der Waals surface area contributed by atoms with Crippen LogP contribution in [-0.2, 0) is 18.3 Å². The Labute approximate surface area is 129 Å². The van der Waals surface area contributed by atoms with Crippen LogP contribution in [0, 0.1) is 6.92 Å². The predicted octanol–water partition coefficient (Wildman–Crippen LogP) is 2.15. The van der Waals surface area contributed by atoms with E-state index in [0.717, 1.165) is 29.8 Å². The van der Waals surface area contributed by atoms with Gasteiger partial charge in [0.25, 0.3) is 0 Å². The number of nitrogens with zero attached hydrogens (tertiary/aromatic N) is 2. The number of halogens is 1. The van der Waals surface area contributed by atoms with E-state index >= 15 is 0 Å². The Hall–Kier alpha value is -1.85. The van der Waals surface area contributed by atoms with Crippen molar-refractivity contribution in [1.29, 1.82) is 0 Å². The van der Waals surface area contributed by atoms with Gasteiger partial charge < -0.3 is 10.6 Å². The molecule has 21 heavy (non-hydrogen) atoms.